The van der Waals surface area contributed by atoms with Crippen molar-refractivity contribution in [3.05, 3.63) is 30.9 Å². The molecule has 0 aliphatic rings. The minimum atomic E-state index is -0.178. The number of aromatic hydroxyl groups is 1. The van der Waals surface area contributed by atoms with Crippen LogP contribution in [0.4, 0.5) is 0 Å². The Balaban J connectivity index is 0.000000127. The minimum Gasteiger partial charge on any atom is -0.479 e. The SMILES string of the molecule is Oc1ncccn1.c1c[nH]nn1. The summed E-state index contributed by atoms with van der Waals surface area (Å²) in [5.74, 6) is 0. The topological polar surface area (TPSA) is 87.6 Å². The first-order chi connectivity index (χ1) is 5.89. The summed E-state index contributed by atoms with van der Waals surface area (Å²) < 4.78 is 0. The van der Waals surface area contributed by atoms with Crippen molar-refractivity contribution >= 4 is 0 Å². The van der Waals surface area contributed by atoms with Crippen molar-refractivity contribution in [1.29, 1.82) is 0 Å². The second-order valence-corrected chi connectivity index (χ2v) is 1.71. The predicted octanol–water partition coefficient (Wildman–Crippen LogP) is -0.0131. The lowest BCUT2D eigenvalue weighted by Crippen LogP contribution is -1.73. The molecule has 2 aromatic heterocycles. The average molecular weight is 165 g/mol. The molecule has 0 aromatic carbocycles. The smallest absolute Gasteiger partial charge is 0.313 e. The van der Waals surface area contributed by atoms with Crippen LogP contribution < -0.4 is 0 Å². The zero-order chi connectivity index (χ0) is 8.65. The van der Waals surface area contributed by atoms with Gasteiger partial charge in [-0.3, -0.25) is 5.10 Å². The van der Waals surface area contributed by atoms with Gasteiger partial charge in [0.25, 0.3) is 0 Å². The van der Waals surface area contributed by atoms with E-state index in [1.54, 1.807) is 18.5 Å². The Kier molecular flexibility index (Phi) is 3.23. The van der Waals surface area contributed by atoms with Crippen LogP contribution in [0.2, 0.25) is 0 Å². The molecule has 0 amide bonds. The van der Waals surface area contributed by atoms with E-state index in [0.29, 0.717) is 0 Å². The molecule has 0 fully saturated rings. The van der Waals surface area contributed by atoms with Gasteiger partial charge in [0.1, 0.15) is 0 Å². The number of hydrogen-bond donors (Lipinski definition) is 2. The summed E-state index contributed by atoms with van der Waals surface area (Å²) >= 11 is 0. The summed E-state index contributed by atoms with van der Waals surface area (Å²) in [6, 6.07) is 1.46. The van der Waals surface area contributed by atoms with E-state index in [1.165, 1.54) is 12.4 Å². The third kappa shape index (κ3) is 3.25. The highest BCUT2D eigenvalue weighted by Gasteiger charge is 1.78. The van der Waals surface area contributed by atoms with E-state index in [1.807, 2.05) is 0 Å². The summed E-state index contributed by atoms with van der Waals surface area (Å²) in [5.41, 5.74) is 0. The zero-order valence-electron chi connectivity index (χ0n) is 6.12. The third-order valence-electron chi connectivity index (χ3n) is 0.883. The van der Waals surface area contributed by atoms with Gasteiger partial charge in [-0.15, -0.1) is 5.10 Å². The van der Waals surface area contributed by atoms with Crippen molar-refractivity contribution in [2.75, 3.05) is 0 Å². The molecule has 2 heterocycles. The summed E-state index contributed by atoms with van der Waals surface area (Å²) in [5, 5.41) is 17.7. The molecule has 0 atom stereocenters. The summed E-state index contributed by atoms with van der Waals surface area (Å²) in [4.78, 5) is 6.85. The Morgan fingerprint density at radius 3 is 2.17 bits per heavy atom. The lowest BCUT2D eigenvalue weighted by molar-refractivity contribution is 0.430. The second-order valence-electron chi connectivity index (χ2n) is 1.71. The van der Waals surface area contributed by atoms with Crippen LogP contribution in [-0.4, -0.2) is 30.5 Å². The molecule has 12 heavy (non-hydrogen) atoms. The van der Waals surface area contributed by atoms with Crippen LogP contribution in [0.15, 0.2) is 30.9 Å². The van der Waals surface area contributed by atoms with Gasteiger partial charge < -0.3 is 5.11 Å². The van der Waals surface area contributed by atoms with Gasteiger partial charge in [-0.25, -0.2) is 9.97 Å². The van der Waals surface area contributed by atoms with Crippen LogP contribution >= 0.6 is 0 Å². The van der Waals surface area contributed by atoms with Gasteiger partial charge >= 0.3 is 6.01 Å². The van der Waals surface area contributed by atoms with Crippen LogP contribution in [0, 0.1) is 0 Å². The molecule has 6 nitrogen and oxygen atoms in total. The van der Waals surface area contributed by atoms with E-state index in [4.69, 9.17) is 5.11 Å². The number of hydrogen-bond acceptors (Lipinski definition) is 5. The van der Waals surface area contributed by atoms with Gasteiger partial charge in [-0.2, -0.15) is 0 Å². The first-order valence-electron chi connectivity index (χ1n) is 3.16. The molecule has 2 rings (SSSR count). The standard InChI is InChI=1S/C4H4N2O.C2H3N3/c7-4-5-2-1-3-6-4;1-2-4-5-3-1/h1-3H,(H,5,6,7);1-2H,(H,3,4,5). The van der Waals surface area contributed by atoms with E-state index in [9.17, 15) is 0 Å². The Hall–Kier alpha value is -1.98. The van der Waals surface area contributed by atoms with Crippen molar-refractivity contribution in [1.82, 2.24) is 25.4 Å². The monoisotopic (exact) mass is 165 g/mol. The molecule has 6 heteroatoms. The second kappa shape index (κ2) is 4.78. The fraction of sp³-hybridized carbons (Fsp3) is 0. The molecule has 0 saturated carbocycles. The van der Waals surface area contributed by atoms with E-state index in [0.717, 1.165) is 0 Å². The van der Waals surface area contributed by atoms with Crippen molar-refractivity contribution in [3.8, 4) is 6.01 Å². The Labute approximate surface area is 68.3 Å². The number of aromatic amines is 1. The van der Waals surface area contributed by atoms with E-state index >= 15 is 0 Å². The summed E-state index contributed by atoms with van der Waals surface area (Å²) in [7, 11) is 0. The molecule has 0 spiro atoms. The quantitative estimate of drug-likeness (QED) is 0.573. The molecular weight excluding hydrogens is 158 g/mol. The first-order valence-corrected chi connectivity index (χ1v) is 3.16. The van der Waals surface area contributed by atoms with Gasteiger partial charge in [0, 0.05) is 18.6 Å². The van der Waals surface area contributed by atoms with Gasteiger partial charge in [0.05, 0.1) is 6.20 Å². The summed E-state index contributed by atoms with van der Waals surface area (Å²) in [6.07, 6.45) is 6.19. The zero-order valence-corrected chi connectivity index (χ0v) is 6.12. The van der Waals surface area contributed by atoms with Gasteiger partial charge in [-0.1, -0.05) is 5.21 Å². The lowest BCUT2D eigenvalue weighted by Gasteiger charge is -1.80. The predicted molar refractivity (Wildman–Crippen MR) is 40.1 cm³/mol. The van der Waals surface area contributed by atoms with Gasteiger partial charge in [-0.05, 0) is 6.07 Å². The number of aromatic nitrogens is 5. The van der Waals surface area contributed by atoms with Crippen LogP contribution in [0.5, 0.6) is 6.01 Å². The van der Waals surface area contributed by atoms with E-state index in [-0.39, 0.29) is 6.01 Å². The molecule has 62 valence electrons. The number of nitrogens with zero attached hydrogens (tertiary/aromatic N) is 4. The fourth-order valence-electron chi connectivity index (χ4n) is 0.458. The molecule has 0 aliphatic carbocycles. The number of H-pyrrole nitrogens is 1. The highest BCUT2D eigenvalue weighted by atomic mass is 16.3. The maximum absolute atomic E-state index is 8.41. The molecular formula is C6H7N5O. The maximum Gasteiger partial charge on any atom is 0.313 e. The van der Waals surface area contributed by atoms with Crippen molar-refractivity contribution in [2.24, 2.45) is 0 Å². The minimum absolute atomic E-state index is 0.178. The highest BCUT2D eigenvalue weighted by molar-refractivity contribution is 4.89. The Morgan fingerprint density at radius 2 is 1.92 bits per heavy atom. The van der Waals surface area contributed by atoms with Gasteiger partial charge in [0.15, 0.2) is 0 Å². The molecule has 2 aromatic rings. The molecule has 2 N–H and O–H groups in total. The molecule has 0 bridgehead atoms. The van der Waals surface area contributed by atoms with Crippen LogP contribution in [0.3, 0.4) is 0 Å². The number of rotatable bonds is 0. The van der Waals surface area contributed by atoms with Crippen molar-refractivity contribution in [2.45, 2.75) is 0 Å². The van der Waals surface area contributed by atoms with Crippen molar-refractivity contribution < 1.29 is 5.11 Å². The van der Waals surface area contributed by atoms with Crippen LogP contribution in [0.25, 0.3) is 0 Å². The fourth-order valence-corrected chi connectivity index (χ4v) is 0.458. The van der Waals surface area contributed by atoms with Crippen LogP contribution in [-0.2, 0) is 0 Å². The summed E-state index contributed by atoms with van der Waals surface area (Å²) in [6.45, 7) is 0. The highest BCUT2D eigenvalue weighted by Crippen LogP contribution is 1.89. The molecule has 0 radical (unpaired) electrons. The molecule has 0 saturated heterocycles. The Bertz CT molecular complexity index is 265. The first kappa shape index (κ1) is 8.12. The van der Waals surface area contributed by atoms with E-state index in [2.05, 4.69) is 25.4 Å². The lowest BCUT2D eigenvalue weighted by atomic mass is 10.7. The van der Waals surface area contributed by atoms with Crippen LogP contribution in [0.1, 0.15) is 0 Å². The normalized spacial score (nSPS) is 8.33. The average Bonchev–Trinajstić information content (AvgIpc) is 2.62. The maximum atomic E-state index is 8.41. The van der Waals surface area contributed by atoms with E-state index < -0.39 is 0 Å². The molecule has 0 unspecified atom stereocenters. The van der Waals surface area contributed by atoms with Crippen molar-refractivity contribution in [3.63, 3.8) is 0 Å². The Morgan fingerprint density at radius 1 is 1.17 bits per heavy atom. The largest absolute Gasteiger partial charge is 0.479 e. The van der Waals surface area contributed by atoms with Gasteiger partial charge in [0.2, 0.25) is 0 Å². The number of nitrogens with one attached hydrogen (secondary N) is 1. The third-order valence-corrected chi connectivity index (χ3v) is 0.883. The molecule has 0 aliphatic heterocycles.